The van der Waals surface area contributed by atoms with Gasteiger partial charge in [-0.3, -0.25) is 4.28 Å². The van der Waals surface area contributed by atoms with E-state index >= 15 is 0 Å². The van der Waals surface area contributed by atoms with Gasteiger partial charge in [-0.2, -0.15) is 22.5 Å². The highest BCUT2D eigenvalue weighted by atomic mass is 32.2. The molecule has 1 aliphatic rings. The number of esters is 1. The number of hydrogen-bond donors (Lipinski definition) is 0. The minimum Gasteiger partial charge on any atom is -0.465 e. The summed E-state index contributed by atoms with van der Waals surface area (Å²) in [5.41, 5.74) is 0.393. The Bertz CT molecular complexity index is 1110. The molecule has 0 saturated heterocycles. The molecule has 1 aromatic rings. The number of halogens is 3. The van der Waals surface area contributed by atoms with Crippen molar-refractivity contribution in [3.63, 3.8) is 0 Å². The van der Waals surface area contributed by atoms with Gasteiger partial charge in [-0.1, -0.05) is 35.1 Å². The van der Waals surface area contributed by atoms with Crippen molar-refractivity contribution in [1.82, 2.24) is 0 Å². The van der Waals surface area contributed by atoms with Crippen LogP contribution in [0.1, 0.15) is 22.3 Å². The molecular formula is C19H17F3N2O6S2. The van der Waals surface area contributed by atoms with Crippen LogP contribution >= 0.6 is 11.8 Å². The van der Waals surface area contributed by atoms with Crippen LogP contribution in [0.15, 0.2) is 46.5 Å². The second-order valence-electron chi connectivity index (χ2n) is 6.09. The summed E-state index contributed by atoms with van der Waals surface area (Å²) in [6.07, 6.45) is -1.35. The number of alkyl halides is 3. The molecule has 1 heterocycles. The van der Waals surface area contributed by atoms with Gasteiger partial charge < -0.3 is 9.47 Å². The summed E-state index contributed by atoms with van der Waals surface area (Å²) >= 11 is 0.736. The highest BCUT2D eigenvalue weighted by Gasteiger charge is 2.55. The van der Waals surface area contributed by atoms with Crippen molar-refractivity contribution in [1.29, 1.82) is 5.26 Å². The zero-order chi connectivity index (χ0) is 23.9. The molecule has 172 valence electrons. The third kappa shape index (κ3) is 5.50. The molecule has 1 atom stereocenters. The van der Waals surface area contributed by atoms with Gasteiger partial charge in [-0.05, 0) is 18.2 Å². The number of rotatable bonds is 9. The van der Waals surface area contributed by atoms with Gasteiger partial charge in [0.05, 0.1) is 18.2 Å². The summed E-state index contributed by atoms with van der Waals surface area (Å²) in [6.45, 7) is -0.419. The van der Waals surface area contributed by atoms with Crippen molar-refractivity contribution in [2.24, 2.45) is 5.16 Å². The van der Waals surface area contributed by atoms with Crippen LogP contribution in [0.2, 0.25) is 0 Å². The maximum atomic E-state index is 13.9. The molecule has 32 heavy (non-hydrogen) atoms. The Morgan fingerprint density at radius 1 is 1.25 bits per heavy atom. The van der Waals surface area contributed by atoms with Crippen molar-refractivity contribution in [2.75, 3.05) is 20.8 Å². The molecule has 1 unspecified atom stereocenters. The number of ether oxygens (including phenoxy) is 2. The van der Waals surface area contributed by atoms with Gasteiger partial charge in [0.1, 0.15) is 11.1 Å². The van der Waals surface area contributed by atoms with Crippen LogP contribution in [0.5, 0.6) is 0 Å². The van der Waals surface area contributed by atoms with E-state index in [2.05, 4.69) is 14.2 Å². The predicted octanol–water partition coefficient (Wildman–Crippen LogP) is 3.64. The van der Waals surface area contributed by atoms with E-state index in [1.165, 1.54) is 31.4 Å². The standard InChI is InChI=1S/C19H17F3N2O6S2/c1-28-10-9-16(20)19(21,22)32(26,27)30-24-17-8-7-15(31-17)14(11-23)12-5-3-4-6-13(12)18(25)29-2/h3-8,16H,9-10H2,1-2H3/b15-14-,24-17?. The summed E-state index contributed by atoms with van der Waals surface area (Å²) in [5.74, 6) is -0.680. The maximum Gasteiger partial charge on any atom is 0.412 e. The van der Waals surface area contributed by atoms with Gasteiger partial charge in [0.25, 0.3) is 0 Å². The lowest BCUT2D eigenvalue weighted by atomic mass is 10.00. The Hall–Kier alpha value is -2.82. The van der Waals surface area contributed by atoms with Gasteiger partial charge in [-0.25, -0.2) is 9.18 Å². The highest BCUT2D eigenvalue weighted by molar-refractivity contribution is 8.18. The maximum absolute atomic E-state index is 13.9. The van der Waals surface area contributed by atoms with Gasteiger partial charge >= 0.3 is 21.3 Å². The van der Waals surface area contributed by atoms with Crippen LogP contribution in [-0.4, -0.2) is 51.7 Å². The van der Waals surface area contributed by atoms with Gasteiger partial charge in [-0.15, -0.1) is 0 Å². The van der Waals surface area contributed by atoms with Crippen LogP contribution < -0.4 is 0 Å². The summed E-state index contributed by atoms with van der Waals surface area (Å²) in [6, 6.07) is 8.05. The van der Waals surface area contributed by atoms with Crippen LogP contribution in [0, 0.1) is 11.3 Å². The summed E-state index contributed by atoms with van der Waals surface area (Å²) in [7, 11) is -3.41. The molecule has 0 aliphatic carbocycles. The van der Waals surface area contributed by atoms with E-state index in [1.54, 1.807) is 12.1 Å². The number of allylic oxidation sites excluding steroid dienone is 2. The number of oxime groups is 1. The zero-order valence-corrected chi connectivity index (χ0v) is 18.4. The number of carbonyl (C=O) groups excluding carboxylic acids is 1. The van der Waals surface area contributed by atoms with E-state index in [0.717, 1.165) is 18.9 Å². The van der Waals surface area contributed by atoms with Crippen LogP contribution in [0.3, 0.4) is 0 Å². The third-order valence-corrected chi connectivity index (χ3v) is 6.22. The fourth-order valence-electron chi connectivity index (χ4n) is 2.43. The number of thioether (sulfide) groups is 1. The lowest BCUT2D eigenvalue weighted by Gasteiger charge is -2.18. The van der Waals surface area contributed by atoms with Gasteiger partial charge in [0.15, 0.2) is 6.17 Å². The number of nitriles is 1. The second-order valence-corrected chi connectivity index (χ2v) is 8.76. The summed E-state index contributed by atoms with van der Waals surface area (Å²) < 4.78 is 78.1. The molecule has 0 saturated carbocycles. The fourth-order valence-corrected chi connectivity index (χ4v) is 4.02. The van der Waals surface area contributed by atoms with E-state index < -0.39 is 40.5 Å². The Morgan fingerprint density at radius 2 is 1.91 bits per heavy atom. The molecule has 1 aliphatic heterocycles. The van der Waals surface area contributed by atoms with Crippen molar-refractivity contribution < 1.29 is 40.1 Å². The Balaban J connectivity index is 2.26. The number of benzene rings is 1. The third-order valence-electron chi connectivity index (χ3n) is 4.05. The molecule has 0 spiro atoms. The van der Waals surface area contributed by atoms with Crippen molar-refractivity contribution in [3.05, 3.63) is 52.4 Å². The molecular weight excluding hydrogens is 473 g/mol. The topological polar surface area (TPSA) is 115 Å². The number of methoxy groups -OCH3 is 2. The average molecular weight is 490 g/mol. The molecule has 2 rings (SSSR count). The first kappa shape index (κ1) is 25.4. The lowest BCUT2D eigenvalue weighted by molar-refractivity contribution is -0.0183. The lowest BCUT2D eigenvalue weighted by Crippen LogP contribution is -2.40. The Labute approximate surface area is 186 Å². The predicted molar refractivity (Wildman–Crippen MR) is 111 cm³/mol. The summed E-state index contributed by atoms with van der Waals surface area (Å²) in [4.78, 5) is 12.2. The largest absolute Gasteiger partial charge is 0.465 e. The first-order valence-corrected chi connectivity index (χ1v) is 11.0. The molecule has 0 bridgehead atoms. The Morgan fingerprint density at radius 3 is 2.50 bits per heavy atom. The number of hydrogen-bond acceptors (Lipinski definition) is 9. The minimum atomic E-state index is -5.73. The SMILES string of the molecule is COCCC(F)C(F)(F)S(=O)(=O)ON=C1C=C/C(=C(\C#N)c2ccccc2C(=O)OC)S1. The first-order chi connectivity index (χ1) is 15.1. The number of nitrogens with zero attached hydrogens (tertiary/aromatic N) is 2. The van der Waals surface area contributed by atoms with Gasteiger partial charge in [0, 0.05) is 30.6 Å². The molecule has 0 radical (unpaired) electrons. The zero-order valence-electron chi connectivity index (χ0n) is 16.7. The van der Waals surface area contributed by atoms with Crippen molar-refractivity contribution >= 4 is 38.5 Å². The van der Waals surface area contributed by atoms with E-state index in [9.17, 15) is 31.6 Å². The summed E-state index contributed by atoms with van der Waals surface area (Å²) in [5, 5.41) is 7.69. The molecule has 0 amide bonds. The monoisotopic (exact) mass is 490 g/mol. The molecule has 0 aromatic heterocycles. The molecule has 8 nitrogen and oxygen atoms in total. The van der Waals surface area contributed by atoms with Crippen LogP contribution in [0.4, 0.5) is 13.2 Å². The van der Waals surface area contributed by atoms with Crippen LogP contribution in [-0.2, 0) is 23.9 Å². The fraction of sp³-hybridized carbons (Fsp3) is 0.316. The minimum absolute atomic E-state index is 0.0361. The quantitative estimate of drug-likeness (QED) is 0.293. The molecule has 0 fully saturated rings. The molecule has 1 aromatic carbocycles. The van der Waals surface area contributed by atoms with E-state index in [4.69, 9.17) is 4.74 Å². The van der Waals surface area contributed by atoms with Gasteiger partial charge in [0.2, 0.25) is 0 Å². The molecule has 13 heteroatoms. The number of carbonyl (C=O) groups is 1. The average Bonchev–Trinajstić information content (AvgIpc) is 3.25. The van der Waals surface area contributed by atoms with E-state index in [-0.39, 0.29) is 26.6 Å². The van der Waals surface area contributed by atoms with Crippen LogP contribution in [0.25, 0.3) is 5.57 Å². The Kier molecular flexibility index (Phi) is 8.48. The highest BCUT2D eigenvalue weighted by Crippen LogP contribution is 2.36. The molecule has 0 N–H and O–H groups in total. The van der Waals surface area contributed by atoms with Crippen molar-refractivity contribution in [3.8, 4) is 6.07 Å². The second kappa shape index (κ2) is 10.7. The van der Waals surface area contributed by atoms with E-state index in [1.807, 2.05) is 6.07 Å². The smallest absolute Gasteiger partial charge is 0.412 e. The van der Waals surface area contributed by atoms with Crippen molar-refractivity contribution in [2.45, 2.75) is 17.8 Å². The normalized spacial score (nSPS) is 17.7. The first-order valence-electron chi connectivity index (χ1n) is 8.79. The van der Waals surface area contributed by atoms with E-state index in [0.29, 0.717) is 0 Å².